The third-order valence-corrected chi connectivity index (χ3v) is 18.0. The van der Waals surface area contributed by atoms with Crippen LogP contribution in [0.15, 0.2) is 35.4 Å². The molecule has 1 aromatic heterocycles. The maximum absolute atomic E-state index is 14.4. The number of ether oxygens (including phenoxy) is 1. The second-order valence-electron chi connectivity index (χ2n) is 21.5. The first-order chi connectivity index (χ1) is 27.1. The first-order valence-corrected chi connectivity index (χ1v) is 21.9. The van der Waals surface area contributed by atoms with Crippen LogP contribution in [-0.2, 0) is 32.1 Å². The van der Waals surface area contributed by atoms with Crippen molar-refractivity contribution in [2.24, 2.45) is 61.4 Å². The van der Waals surface area contributed by atoms with E-state index in [4.69, 9.17) is 20.7 Å². The average molecular weight is 794 g/mol. The molecule has 7 rings (SSSR count). The lowest BCUT2D eigenvalue weighted by molar-refractivity contribution is -0.271. The minimum absolute atomic E-state index is 0.00347. The summed E-state index contributed by atoms with van der Waals surface area (Å²) in [4.78, 5) is 39.5. The molecule has 2 aromatic rings. The van der Waals surface area contributed by atoms with Gasteiger partial charge in [-0.15, -0.1) is 10.2 Å². The normalized spacial score (nSPS) is 35.4. The number of nitrogens with zero attached hydrogens (tertiary/aromatic N) is 4. The highest BCUT2D eigenvalue weighted by atomic mass is 16.5. The molecule has 8 atom stereocenters. The van der Waals surface area contributed by atoms with Crippen molar-refractivity contribution in [2.45, 2.75) is 153 Å². The van der Waals surface area contributed by atoms with Crippen molar-refractivity contribution in [1.82, 2.24) is 14.8 Å². The lowest BCUT2D eigenvalue weighted by Gasteiger charge is -2.75. The first kappa shape index (κ1) is 42.3. The number of carboxylic acid groups (broad SMARTS) is 1. The maximum Gasteiger partial charge on any atom is 0.309 e. The number of carbonyl (C=O) groups excluding carboxylic acids is 2. The molecule has 1 aromatic carbocycles. The quantitative estimate of drug-likeness (QED) is 0.224. The van der Waals surface area contributed by atoms with Crippen LogP contribution in [-0.4, -0.2) is 50.2 Å². The summed E-state index contributed by atoms with van der Waals surface area (Å²) in [7, 11) is 0. The van der Waals surface area contributed by atoms with Crippen LogP contribution >= 0.6 is 0 Å². The molecule has 0 spiro atoms. The number of nitriles is 1. The van der Waals surface area contributed by atoms with Crippen LogP contribution in [0.25, 0.3) is 11.4 Å². The van der Waals surface area contributed by atoms with Gasteiger partial charge in [-0.25, -0.2) is 0 Å². The topological polar surface area (TPSA) is 161 Å². The number of esters is 1. The van der Waals surface area contributed by atoms with Gasteiger partial charge in [0.1, 0.15) is 11.9 Å². The standard InChI is InChI=1S/C48H67N5O5/c1-29(2)38-33(54)25-48(26-36-51-52-40(53(36)24-23-49)31-13-11-30(28-50)12-14-31)22-20-44(7)32(39(38)48)15-16-34-45(44,8)19-21-47(10)43(5,6)35(17-18-46(34,47)9)58-37(55)27-42(3,4)41(56)57/h11-14,29,32,34-35H,15-27,49H2,1-10H3,(H,56,57)/t32-,34?,35+,44-,45-,46-,47?,48?/m1/s1. The number of hydrogen-bond donors (Lipinski definition) is 2. The molecule has 10 heteroatoms. The number of carbonyl (C=O) groups is 3. The molecule has 314 valence electrons. The van der Waals surface area contributed by atoms with Crippen molar-refractivity contribution in [2.75, 3.05) is 6.54 Å². The van der Waals surface area contributed by atoms with Gasteiger partial charge >= 0.3 is 11.9 Å². The number of allylic oxidation sites excluding steroid dienone is 2. The van der Waals surface area contributed by atoms with E-state index in [1.807, 2.05) is 12.1 Å². The number of rotatable bonds is 10. The van der Waals surface area contributed by atoms with Crippen LogP contribution in [0, 0.1) is 67.0 Å². The molecular weight excluding hydrogens is 727 g/mol. The zero-order valence-corrected chi connectivity index (χ0v) is 36.8. The van der Waals surface area contributed by atoms with E-state index in [0.717, 1.165) is 74.2 Å². The number of ketones is 1. The molecule has 0 saturated heterocycles. The Morgan fingerprint density at radius 3 is 2.26 bits per heavy atom. The summed E-state index contributed by atoms with van der Waals surface area (Å²) in [5.41, 5.74) is 8.23. The van der Waals surface area contributed by atoms with Gasteiger partial charge in [0.15, 0.2) is 11.6 Å². The highest BCUT2D eigenvalue weighted by molar-refractivity contribution is 6.00. The molecule has 58 heavy (non-hydrogen) atoms. The third kappa shape index (κ3) is 5.97. The van der Waals surface area contributed by atoms with E-state index < -0.39 is 17.4 Å². The largest absolute Gasteiger partial charge is 0.481 e. The Morgan fingerprint density at radius 1 is 0.966 bits per heavy atom. The van der Waals surface area contributed by atoms with Gasteiger partial charge in [-0.2, -0.15) is 5.26 Å². The summed E-state index contributed by atoms with van der Waals surface area (Å²) >= 11 is 0. The molecule has 3 N–H and O–H groups in total. The summed E-state index contributed by atoms with van der Waals surface area (Å²) in [5, 5.41) is 28.6. The summed E-state index contributed by atoms with van der Waals surface area (Å²) in [6.07, 6.45) is 8.61. The molecule has 4 fully saturated rings. The summed E-state index contributed by atoms with van der Waals surface area (Å²) in [6.45, 7) is 23.3. The van der Waals surface area contributed by atoms with E-state index in [1.165, 1.54) is 5.57 Å². The number of nitrogens with two attached hydrogens (primary N) is 1. The molecule has 1 heterocycles. The molecule has 0 aliphatic heterocycles. The molecule has 0 bridgehead atoms. The van der Waals surface area contributed by atoms with Crippen molar-refractivity contribution < 1.29 is 24.2 Å². The van der Waals surface area contributed by atoms with Gasteiger partial charge in [0.25, 0.3) is 0 Å². The Balaban J connectivity index is 1.22. The summed E-state index contributed by atoms with van der Waals surface area (Å²) in [6, 6.07) is 9.65. The molecule has 0 radical (unpaired) electrons. The van der Waals surface area contributed by atoms with Gasteiger partial charge in [-0.3, -0.25) is 14.4 Å². The van der Waals surface area contributed by atoms with Gasteiger partial charge < -0.3 is 20.1 Å². The molecule has 0 amide bonds. The highest BCUT2D eigenvalue weighted by Crippen LogP contribution is 2.79. The predicted octanol–water partition coefficient (Wildman–Crippen LogP) is 9.10. The Bertz CT molecular complexity index is 2070. The summed E-state index contributed by atoms with van der Waals surface area (Å²) < 4.78 is 8.40. The number of carboxylic acids is 1. The van der Waals surface area contributed by atoms with Crippen LogP contribution in [0.5, 0.6) is 0 Å². The van der Waals surface area contributed by atoms with E-state index in [0.29, 0.717) is 43.2 Å². The Kier molecular flexibility index (Phi) is 10.3. The number of Topliss-reactive ketones (excluding diaryl/α,β-unsaturated/α-hetero) is 1. The van der Waals surface area contributed by atoms with Crippen molar-refractivity contribution in [1.29, 1.82) is 5.26 Å². The molecule has 4 saturated carbocycles. The van der Waals surface area contributed by atoms with Crippen LogP contribution in [0.4, 0.5) is 0 Å². The molecule has 5 aliphatic rings. The van der Waals surface area contributed by atoms with E-state index in [2.05, 4.69) is 66.0 Å². The number of benzene rings is 1. The van der Waals surface area contributed by atoms with Crippen molar-refractivity contribution in [3.05, 3.63) is 46.8 Å². The van der Waals surface area contributed by atoms with Crippen LogP contribution < -0.4 is 5.73 Å². The fourth-order valence-electron chi connectivity index (χ4n) is 14.0. The summed E-state index contributed by atoms with van der Waals surface area (Å²) in [5.74, 6) is 1.35. The Labute approximate surface area is 345 Å². The Hall–Kier alpha value is -3.84. The molecular formula is C48H67N5O5. The highest BCUT2D eigenvalue weighted by Gasteiger charge is 2.73. The predicted molar refractivity (Wildman–Crippen MR) is 223 cm³/mol. The number of fused-ring (bicyclic) bond motifs is 7. The smallest absolute Gasteiger partial charge is 0.309 e. The number of hydrogen-bond acceptors (Lipinski definition) is 8. The van der Waals surface area contributed by atoms with Crippen molar-refractivity contribution >= 4 is 17.7 Å². The zero-order chi connectivity index (χ0) is 42.4. The second-order valence-corrected chi connectivity index (χ2v) is 21.5. The lowest BCUT2D eigenvalue weighted by Crippen LogP contribution is -2.69. The monoisotopic (exact) mass is 794 g/mol. The number of aliphatic carboxylic acids is 1. The first-order valence-electron chi connectivity index (χ1n) is 21.9. The molecule has 5 aliphatic carbocycles. The molecule has 3 unspecified atom stereocenters. The fraction of sp³-hybridized carbons (Fsp3) is 0.708. The van der Waals surface area contributed by atoms with Crippen LogP contribution in [0.3, 0.4) is 0 Å². The van der Waals surface area contributed by atoms with Gasteiger partial charge in [0, 0.05) is 42.3 Å². The SMILES string of the molecule is CC(C)C1=C2[C@H]3CCC4[C@@]5(C)CC[C@H](OC(=O)CC(C)(C)C(=O)O)C(C)(C)C5(C)CC[C@@]4(C)[C@]3(C)CCC2(Cc2nnc(-c3ccc(C#N)cc3)n2CCN)CC1=O. The van der Waals surface area contributed by atoms with Gasteiger partial charge in [-0.05, 0) is 134 Å². The third-order valence-electron chi connectivity index (χ3n) is 18.0. The van der Waals surface area contributed by atoms with Gasteiger partial charge in [-0.1, -0.05) is 61.0 Å². The van der Waals surface area contributed by atoms with Crippen LogP contribution in [0.1, 0.15) is 145 Å². The van der Waals surface area contributed by atoms with Gasteiger partial charge in [0.2, 0.25) is 0 Å². The minimum atomic E-state index is -1.18. The Morgan fingerprint density at radius 2 is 1.64 bits per heavy atom. The fourth-order valence-corrected chi connectivity index (χ4v) is 14.0. The van der Waals surface area contributed by atoms with E-state index in [9.17, 15) is 24.8 Å². The van der Waals surface area contributed by atoms with E-state index in [1.54, 1.807) is 26.0 Å². The van der Waals surface area contributed by atoms with Crippen LogP contribution in [0.2, 0.25) is 0 Å². The molecule has 10 nitrogen and oxygen atoms in total. The van der Waals surface area contributed by atoms with E-state index >= 15 is 0 Å². The van der Waals surface area contributed by atoms with Gasteiger partial charge in [0.05, 0.1) is 23.5 Å². The number of aromatic nitrogens is 3. The maximum atomic E-state index is 14.4. The van der Waals surface area contributed by atoms with Crippen molar-refractivity contribution in [3.63, 3.8) is 0 Å². The average Bonchev–Trinajstić information content (AvgIpc) is 3.68. The minimum Gasteiger partial charge on any atom is -0.481 e. The van der Waals surface area contributed by atoms with Crippen molar-refractivity contribution in [3.8, 4) is 17.5 Å². The lowest BCUT2D eigenvalue weighted by atomic mass is 9.29. The zero-order valence-electron chi connectivity index (χ0n) is 36.8. The second kappa shape index (κ2) is 14.1. The van der Waals surface area contributed by atoms with E-state index in [-0.39, 0.29) is 56.9 Å².